The van der Waals surface area contributed by atoms with E-state index in [1.54, 1.807) is 23.1 Å². The molecule has 0 radical (unpaired) electrons. The van der Waals surface area contributed by atoms with Gasteiger partial charge in [0.25, 0.3) is 5.91 Å². The lowest BCUT2D eigenvalue weighted by atomic mass is 10.1. The van der Waals surface area contributed by atoms with Crippen LogP contribution in [0.3, 0.4) is 0 Å². The molecule has 0 saturated heterocycles. The van der Waals surface area contributed by atoms with Gasteiger partial charge in [0.1, 0.15) is 11.8 Å². The fourth-order valence-corrected chi connectivity index (χ4v) is 3.47. The van der Waals surface area contributed by atoms with Crippen molar-refractivity contribution in [3.63, 3.8) is 0 Å². The van der Waals surface area contributed by atoms with Gasteiger partial charge in [-0.2, -0.15) is 0 Å². The summed E-state index contributed by atoms with van der Waals surface area (Å²) in [6.07, 6.45) is 0.484. The molecule has 1 atom stereocenters. The van der Waals surface area contributed by atoms with E-state index >= 15 is 0 Å². The van der Waals surface area contributed by atoms with Gasteiger partial charge in [0.05, 0.1) is 5.02 Å². The molecule has 0 spiro atoms. The van der Waals surface area contributed by atoms with Crippen LogP contribution in [-0.2, 0) is 16.1 Å². The van der Waals surface area contributed by atoms with Gasteiger partial charge in [0.2, 0.25) is 5.91 Å². The molecule has 0 aliphatic rings. The Kier molecular flexibility index (Phi) is 9.00. The number of benzene rings is 2. The predicted molar refractivity (Wildman–Crippen MR) is 121 cm³/mol. The van der Waals surface area contributed by atoms with Crippen LogP contribution in [0.1, 0.15) is 38.3 Å². The highest BCUT2D eigenvalue weighted by atomic mass is 35.5. The van der Waals surface area contributed by atoms with E-state index in [4.69, 9.17) is 27.9 Å². The molecule has 0 saturated carbocycles. The van der Waals surface area contributed by atoms with Crippen molar-refractivity contribution in [1.29, 1.82) is 0 Å². The summed E-state index contributed by atoms with van der Waals surface area (Å²) in [7, 11) is 0. The molecule has 0 aliphatic heterocycles. The summed E-state index contributed by atoms with van der Waals surface area (Å²) in [4.78, 5) is 27.4. The van der Waals surface area contributed by atoms with Gasteiger partial charge in [-0.15, -0.1) is 0 Å². The molecule has 0 aliphatic carbocycles. The highest BCUT2D eigenvalue weighted by Gasteiger charge is 2.29. The topological polar surface area (TPSA) is 58.6 Å². The monoisotopic (exact) mass is 450 g/mol. The minimum absolute atomic E-state index is 0.0213. The summed E-state index contributed by atoms with van der Waals surface area (Å²) in [6.45, 7) is 7.74. The molecule has 2 amide bonds. The van der Waals surface area contributed by atoms with Crippen molar-refractivity contribution in [2.45, 2.75) is 52.7 Å². The van der Waals surface area contributed by atoms with E-state index in [-0.39, 0.29) is 24.5 Å². The molecule has 0 unspecified atom stereocenters. The highest BCUT2D eigenvalue weighted by molar-refractivity contribution is 6.35. The van der Waals surface area contributed by atoms with Crippen LogP contribution in [0.5, 0.6) is 5.75 Å². The molecule has 2 aromatic rings. The zero-order valence-corrected chi connectivity index (χ0v) is 19.3. The Bertz CT molecular complexity index is 869. The maximum absolute atomic E-state index is 13.1. The van der Waals surface area contributed by atoms with Gasteiger partial charge in [0, 0.05) is 17.6 Å². The average Bonchev–Trinajstić information content (AvgIpc) is 2.68. The quantitative estimate of drug-likeness (QED) is 0.583. The second kappa shape index (κ2) is 11.2. The number of rotatable bonds is 9. The molecule has 2 rings (SSSR count). The van der Waals surface area contributed by atoms with Crippen LogP contribution < -0.4 is 10.1 Å². The Hall–Kier alpha value is -2.24. The van der Waals surface area contributed by atoms with Gasteiger partial charge in [0.15, 0.2) is 6.61 Å². The highest BCUT2D eigenvalue weighted by Crippen LogP contribution is 2.27. The van der Waals surface area contributed by atoms with Gasteiger partial charge in [-0.05, 0) is 51.0 Å². The minimum Gasteiger partial charge on any atom is -0.482 e. The number of carbonyl (C=O) groups excluding carboxylic acids is 2. The number of ether oxygens (including phenoxy) is 1. The number of aryl methyl sites for hydroxylation is 1. The molecule has 0 aromatic heterocycles. The number of halogens is 2. The van der Waals surface area contributed by atoms with Crippen molar-refractivity contribution in [2.75, 3.05) is 6.61 Å². The van der Waals surface area contributed by atoms with Crippen molar-refractivity contribution < 1.29 is 14.3 Å². The Balaban J connectivity index is 2.22. The molecule has 0 bridgehead atoms. The van der Waals surface area contributed by atoms with E-state index in [0.29, 0.717) is 28.8 Å². The fraction of sp³-hybridized carbons (Fsp3) is 0.391. The Labute approximate surface area is 188 Å². The second-order valence-corrected chi connectivity index (χ2v) is 8.30. The van der Waals surface area contributed by atoms with Crippen molar-refractivity contribution in [3.8, 4) is 5.75 Å². The van der Waals surface area contributed by atoms with Gasteiger partial charge in [-0.1, -0.05) is 60.0 Å². The largest absolute Gasteiger partial charge is 0.482 e. The molecule has 30 heavy (non-hydrogen) atoms. The first-order valence-corrected chi connectivity index (χ1v) is 10.7. The van der Waals surface area contributed by atoms with Crippen LogP contribution >= 0.6 is 23.2 Å². The number of hydrogen-bond donors (Lipinski definition) is 1. The van der Waals surface area contributed by atoms with Gasteiger partial charge in [-0.3, -0.25) is 9.59 Å². The van der Waals surface area contributed by atoms with Crippen LogP contribution in [0, 0.1) is 6.92 Å². The fourth-order valence-electron chi connectivity index (χ4n) is 3.01. The molecule has 7 heteroatoms. The molecule has 2 aromatic carbocycles. The standard InChI is InChI=1S/C23H28Cl2N2O3/c1-5-20(23(29)26-15(2)3)27(13-17-8-6-16(4)7-9-17)22(28)14-30-21-11-10-18(24)12-19(21)25/h6-12,15,20H,5,13-14H2,1-4H3,(H,26,29)/t20-/m0/s1. The van der Waals surface area contributed by atoms with Crippen LogP contribution in [-0.4, -0.2) is 35.4 Å². The summed E-state index contributed by atoms with van der Waals surface area (Å²) < 4.78 is 5.63. The first kappa shape index (κ1) is 24.0. The second-order valence-electron chi connectivity index (χ2n) is 7.46. The van der Waals surface area contributed by atoms with Crippen LogP contribution in [0.4, 0.5) is 0 Å². The van der Waals surface area contributed by atoms with Crippen molar-refractivity contribution in [1.82, 2.24) is 10.2 Å². The van der Waals surface area contributed by atoms with Crippen molar-refractivity contribution in [3.05, 3.63) is 63.6 Å². The molecule has 5 nitrogen and oxygen atoms in total. The van der Waals surface area contributed by atoms with Crippen molar-refractivity contribution >= 4 is 35.0 Å². The van der Waals surface area contributed by atoms with E-state index < -0.39 is 6.04 Å². The molecular weight excluding hydrogens is 423 g/mol. The summed E-state index contributed by atoms with van der Waals surface area (Å²) in [6, 6.07) is 12.1. The lowest BCUT2D eigenvalue weighted by molar-refractivity contribution is -0.143. The zero-order valence-electron chi connectivity index (χ0n) is 17.7. The summed E-state index contributed by atoms with van der Waals surface area (Å²) in [5.41, 5.74) is 2.07. The Morgan fingerprint density at radius 2 is 1.77 bits per heavy atom. The summed E-state index contributed by atoms with van der Waals surface area (Å²) in [5, 5.41) is 3.71. The van der Waals surface area contributed by atoms with Crippen LogP contribution in [0.2, 0.25) is 10.0 Å². The maximum Gasteiger partial charge on any atom is 0.261 e. The van der Waals surface area contributed by atoms with Crippen LogP contribution in [0.15, 0.2) is 42.5 Å². The SMILES string of the molecule is CC[C@@H](C(=O)NC(C)C)N(Cc1ccc(C)cc1)C(=O)COc1ccc(Cl)cc1Cl. The number of amides is 2. The van der Waals surface area contributed by atoms with E-state index in [1.165, 1.54) is 0 Å². The Morgan fingerprint density at radius 3 is 2.33 bits per heavy atom. The number of nitrogens with zero attached hydrogens (tertiary/aromatic N) is 1. The third-order valence-electron chi connectivity index (χ3n) is 4.54. The molecule has 162 valence electrons. The third-order valence-corrected chi connectivity index (χ3v) is 5.07. The zero-order chi connectivity index (χ0) is 22.3. The minimum atomic E-state index is -0.606. The first-order chi connectivity index (χ1) is 14.2. The third kappa shape index (κ3) is 6.92. The number of carbonyl (C=O) groups is 2. The number of nitrogens with one attached hydrogen (secondary N) is 1. The molecule has 0 heterocycles. The molecule has 0 fully saturated rings. The normalized spacial score (nSPS) is 11.8. The van der Waals surface area contributed by atoms with Gasteiger partial charge in [-0.25, -0.2) is 0 Å². The van der Waals surface area contributed by atoms with Crippen LogP contribution in [0.25, 0.3) is 0 Å². The first-order valence-electron chi connectivity index (χ1n) is 9.94. The van der Waals surface area contributed by atoms with Gasteiger partial charge < -0.3 is 15.0 Å². The van der Waals surface area contributed by atoms with Gasteiger partial charge >= 0.3 is 0 Å². The van der Waals surface area contributed by atoms with Crippen molar-refractivity contribution in [2.24, 2.45) is 0 Å². The van der Waals surface area contributed by atoms with E-state index in [0.717, 1.165) is 11.1 Å². The molecule has 1 N–H and O–H groups in total. The predicted octanol–water partition coefficient (Wildman–Crippen LogP) is 5.01. The van der Waals surface area contributed by atoms with E-state index in [9.17, 15) is 9.59 Å². The smallest absolute Gasteiger partial charge is 0.261 e. The summed E-state index contributed by atoms with van der Waals surface area (Å²) >= 11 is 12.0. The van der Waals surface area contributed by atoms with E-state index in [2.05, 4.69) is 5.32 Å². The summed E-state index contributed by atoms with van der Waals surface area (Å²) in [5.74, 6) is -0.116. The lowest BCUT2D eigenvalue weighted by Gasteiger charge is -2.31. The average molecular weight is 451 g/mol. The number of hydrogen-bond acceptors (Lipinski definition) is 3. The maximum atomic E-state index is 13.1. The van der Waals surface area contributed by atoms with E-state index in [1.807, 2.05) is 52.0 Å². The Morgan fingerprint density at radius 1 is 1.10 bits per heavy atom. The molecular formula is C23H28Cl2N2O3. The lowest BCUT2D eigenvalue weighted by Crippen LogP contribution is -2.51.